The number of fused-ring (bicyclic) bond motifs is 1. The molecule has 1 amide bonds. The summed E-state index contributed by atoms with van der Waals surface area (Å²) >= 11 is 0. The lowest BCUT2D eigenvalue weighted by atomic mass is 10.1. The molecule has 4 heterocycles. The highest BCUT2D eigenvalue weighted by Gasteiger charge is 2.18. The van der Waals surface area contributed by atoms with E-state index in [1.54, 1.807) is 30.6 Å². The van der Waals surface area contributed by atoms with E-state index in [2.05, 4.69) is 30.2 Å². The zero-order valence-electron chi connectivity index (χ0n) is 20.0. The van der Waals surface area contributed by atoms with Gasteiger partial charge in [0.1, 0.15) is 17.3 Å². The van der Waals surface area contributed by atoms with E-state index in [0.717, 1.165) is 28.0 Å². The molecule has 0 saturated heterocycles. The average molecular weight is 487 g/mol. The van der Waals surface area contributed by atoms with Crippen LogP contribution in [0.25, 0.3) is 34.0 Å². The number of nitrogens with zero attached hydrogens (tertiary/aromatic N) is 6. The number of aromatic nitrogens is 6. The molecule has 0 aliphatic rings. The molecule has 0 saturated carbocycles. The van der Waals surface area contributed by atoms with Crippen LogP contribution in [0.5, 0.6) is 5.75 Å². The Kier molecular flexibility index (Phi) is 5.80. The predicted octanol–water partition coefficient (Wildman–Crippen LogP) is 4.59. The second-order valence-electron chi connectivity index (χ2n) is 8.02. The molecule has 0 unspecified atom stereocenters. The molecule has 1 aromatic carbocycles. The molecule has 0 spiro atoms. The number of halogens is 1. The standard InChI is InChI=1S/C25H22FN7O3/c1-14-9-17(24-31-30-15(2)33(24)18-6-7-19(26)21(10-18)35-3)13-32-20(12-28-23(14)32)16-5-8-22(27-11-16)29-25(34)36-4/h5-13H,1-4H3,(H,27,29,34). The maximum absolute atomic E-state index is 14.0. The van der Waals surface area contributed by atoms with Crippen molar-refractivity contribution in [3.8, 4) is 34.1 Å². The summed E-state index contributed by atoms with van der Waals surface area (Å²) in [5.41, 5.74) is 4.78. The Hall–Kier alpha value is -4.80. The van der Waals surface area contributed by atoms with Crippen molar-refractivity contribution in [3.63, 3.8) is 0 Å². The second kappa shape index (κ2) is 9.10. The summed E-state index contributed by atoms with van der Waals surface area (Å²) in [6.07, 6.45) is 4.74. The van der Waals surface area contributed by atoms with Gasteiger partial charge in [-0.25, -0.2) is 19.2 Å². The summed E-state index contributed by atoms with van der Waals surface area (Å²) < 4.78 is 27.6. The molecule has 0 atom stereocenters. The molecule has 182 valence electrons. The number of aryl methyl sites for hydroxylation is 2. The summed E-state index contributed by atoms with van der Waals surface area (Å²) in [7, 11) is 2.71. The minimum atomic E-state index is -0.594. The maximum Gasteiger partial charge on any atom is 0.412 e. The fourth-order valence-electron chi connectivity index (χ4n) is 4.01. The second-order valence-corrected chi connectivity index (χ2v) is 8.02. The van der Waals surface area contributed by atoms with Crippen LogP contribution in [-0.2, 0) is 4.74 Å². The minimum Gasteiger partial charge on any atom is -0.494 e. The van der Waals surface area contributed by atoms with Crippen molar-refractivity contribution in [3.05, 3.63) is 72.2 Å². The first-order valence-corrected chi connectivity index (χ1v) is 10.9. The molecule has 0 bridgehead atoms. The fraction of sp³-hybridized carbons (Fsp3) is 0.160. The van der Waals surface area contributed by atoms with Crippen molar-refractivity contribution in [1.82, 2.24) is 29.1 Å². The van der Waals surface area contributed by atoms with Crippen LogP contribution < -0.4 is 10.1 Å². The fourth-order valence-corrected chi connectivity index (χ4v) is 4.01. The van der Waals surface area contributed by atoms with Crippen molar-refractivity contribution in [2.45, 2.75) is 13.8 Å². The Morgan fingerprint density at radius 2 is 1.83 bits per heavy atom. The van der Waals surface area contributed by atoms with E-state index in [-0.39, 0.29) is 5.75 Å². The van der Waals surface area contributed by atoms with Gasteiger partial charge in [0.2, 0.25) is 0 Å². The Labute approximate surface area is 205 Å². The number of carbonyl (C=O) groups excluding carboxylic acids is 1. The molecular formula is C25H22FN7O3. The zero-order valence-corrected chi connectivity index (χ0v) is 20.0. The third-order valence-corrected chi connectivity index (χ3v) is 5.74. The topological polar surface area (TPSA) is 108 Å². The van der Waals surface area contributed by atoms with Crippen LogP contribution in [0.15, 0.2) is 55.0 Å². The summed E-state index contributed by atoms with van der Waals surface area (Å²) in [5.74, 6) is 1.28. The first kappa shape index (κ1) is 23.0. The number of amides is 1. The Morgan fingerprint density at radius 1 is 1.00 bits per heavy atom. The summed E-state index contributed by atoms with van der Waals surface area (Å²) in [4.78, 5) is 20.3. The maximum atomic E-state index is 14.0. The number of methoxy groups -OCH3 is 2. The minimum absolute atomic E-state index is 0.132. The molecule has 5 rings (SSSR count). The Bertz CT molecular complexity index is 1590. The Morgan fingerprint density at radius 3 is 2.56 bits per heavy atom. The average Bonchev–Trinajstić information content (AvgIpc) is 3.49. The Balaban J connectivity index is 1.60. The number of imidazole rings is 1. The van der Waals surface area contributed by atoms with Crippen molar-refractivity contribution in [2.75, 3.05) is 19.5 Å². The number of benzene rings is 1. The molecule has 0 aliphatic carbocycles. The van der Waals surface area contributed by atoms with Crippen molar-refractivity contribution < 1.29 is 18.7 Å². The molecule has 36 heavy (non-hydrogen) atoms. The number of hydrogen-bond acceptors (Lipinski definition) is 7. The normalized spacial score (nSPS) is 11.0. The van der Waals surface area contributed by atoms with Gasteiger partial charge in [-0.1, -0.05) is 0 Å². The molecule has 0 aliphatic heterocycles. The first-order chi connectivity index (χ1) is 17.4. The third-order valence-electron chi connectivity index (χ3n) is 5.74. The number of hydrogen-bond donors (Lipinski definition) is 1. The molecule has 0 radical (unpaired) electrons. The van der Waals surface area contributed by atoms with Crippen LogP contribution >= 0.6 is 0 Å². The SMILES string of the molecule is COC(=O)Nc1ccc(-c2cnc3c(C)cc(-c4nnc(C)n4-c4ccc(F)c(OC)c4)cn23)cn1. The van der Waals surface area contributed by atoms with Crippen LogP contribution in [0.1, 0.15) is 11.4 Å². The monoisotopic (exact) mass is 487 g/mol. The summed E-state index contributed by atoms with van der Waals surface area (Å²) in [6, 6.07) is 10.1. The molecule has 0 fully saturated rings. The number of pyridine rings is 2. The van der Waals surface area contributed by atoms with Crippen molar-refractivity contribution in [2.24, 2.45) is 0 Å². The lowest BCUT2D eigenvalue weighted by Crippen LogP contribution is -2.11. The zero-order chi connectivity index (χ0) is 25.4. The summed E-state index contributed by atoms with van der Waals surface area (Å²) in [6.45, 7) is 3.79. The lowest BCUT2D eigenvalue weighted by Gasteiger charge is -2.12. The van der Waals surface area contributed by atoms with Crippen molar-refractivity contribution in [1.29, 1.82) is 0 Å². The van der Waals surface area contributed by atoms with Crippen LogP contribution in [0, 0.1) is 19.7 Å². The van der Waals surface area contributed by atoms with Gasteiger partial charge in [-0.2, -0.15) is 0 Å². The van der Waals surface area contributed by atoms with Gasteiger partial charge in [-0.15, -0.1) is 10.2 Å². The number of carbonyl (C=O) groups is 1. The van der Waals surface area contributed by atoms with E-state index in [9.17, 15) is 9.18 Å². The highest BCUT2D eigenvalue weighted by Crippen LogP contribution is 2.30. The molecule has 1 N–H and O–H groups in total. The number of nitrogens with one attached hydrogen (secondary N) is 1. The predicted molar refractivity (Wildman–Crippen MR) is 131 cm³/mol. The van der Waals surface area contributed by atoms with Crippen molar-refractivity contribution >= 4 is 17.6 Å². The van der Waals surface area contributed by atoms with Crippen LogP contribution in [-0.4, -0.2) is 49.4 Å². The largest absolute Gasteiger partial charge is 0.494 e. The molecule has 4 aromatic heterocycles. The molecular weight excluding hydrogens is 465 g/mol. The molecule has 10 nitrogen and oxygen atoms in total. The third kappa shape index (κ3) is 4.00. The van der Waals surface area contributed by atoms with Gasteiger partial charge >= 0.3 is 6.09 Å². The first-order valence-electron chi connectivity index (χ1n) is 10.9. The molecule has 5 aromatic rings. The van der Waals surface area contributed by atoms with Crippen LogP contribution in [0.3, 0.4) is 0 Å². The lowest BCUT2D eigenvalue weighted by molar-refractivity contribution is 0.187. The highest BCUT2D eigenvalue weighted by molar-refractivity contribution is 5.83. The van der Waals surface area contributed by atoms with Gasteiger partial charge in [-0.3, -0.25) is 14.3 Å². The smallest absolute Gasteiger partial charge is 0.412 e. The van der Waals surface area contributed by atoms with Gasteiger partial charge in [0, 0.05) is 29.6 Å². The number of rotatable bonds is 5. The van der Waals surface area contributed by atoms with Gasteiger partial charge in [0.25, 0.3) is 0 Å². The highest BCUT2D eigenvalue weighted by atomic mass is 19.1. The van der Waals surface area contributed by atoms with E-state index in [1.165, 1.54) is 20.3 Å². The van der Waals surface area contributed by atoms with Gasteiger partial charge < -0.3 is 9.47 Å². The quantitative estimate of drug-likeness (QED) is 0.386. The van der Waals surface area contributed by atoms with Crippen LogP contribution in [0.2, 0.25) is 0 Å². The van der Waals surface area contributed by atoms with Gasteiger partial charge in [0.05, 0.1) is 31.8 Å². The van der Waals surface area contributed by atoms with Crippen LogP contribution in [0.4, 0.5) is 15.0 Å². The van der Waals surface area contributed by atoms with E-state index in [4.69, 9.17) is 4.74 Å². The van der Waals surface area contributed by atoms with Gasteiger partial charge in [-0.05, 0) is 49.7 Å². The molecule has 11 heteroatoms. The summed E-state index contributed by atoms with van der Waals surface area (Å²) in [5, 5.41) is 11.2. The van der Waals surface area contributed by atoms with E-state index >= 15 is 0 Å². The van der Waals surface area contributed by atoms with Gasteiger partial charge in [0.15, 0.2) is 17.4 Å². The van der Waals surface area contributed by atoms with E-state index < -0.39 is 11.9 Å². The number of ether oxygens (including phenoxy) is 2. The number of anilines is 1. The van der Waals surface area contributed by atoms with E-state index in [0.29, 0.717) is 23.2 Å². The van der Waals surface area contributed by atoms with E-state index in [1.807, 2.05) is 41.1 Å².